The third-order valence-corrected chi connectivity index (χ3v) is 8.46. The van der Waals surface area contributed by atoms with Crippen LogP contribution < -0.4 is 17.0 Å². The fourth-order valence-electron chi connectivity index (χ4n) is 5.11. The van der Waals surface area contributed by atoms with Gasteiger partial charge >= 0.3 is 15.9 Å². The summed E-state index contributed by atoms with van der Waals surface area (Å²) < 4.78 is 69.8. The van der Waals surface area contributed by atoms with E-state index in [1.807, 2.05) is 0 Å². The number of aromatic nitrogens is 8. The molecule has 2 fully saturated rings. The summed E-state index contributed by atoms with van der Waals surface area (Å²) >= 11 is 0. The summed E-state index contributed by atoms with van der Waals surface area (Å²) in [6, 6.07) is 0. The predicted molar refractivity (Wildman–Crippen MR) is 147 cm³/mol. The van der Waals surface area contributed by atoms with Crippen LogP contribution in [0.1, 0.15) is 18.9 Å². The summed E-state index contributed by atoms with van der Waals surface area (Å²) in [4.78, 5) is 54.2. The van der Waals surface area contributed by atoms with Crippen molar-refractivity contribution >= 4 is 49.9 Å². The number of nitrogen functional groups attached to an aromatic ring is 2. The molecular weight excluding hydrogens is 649 g/mol. The van der Waals surface area contributed by atoms with Crippen LogP contribution in [0.4, 0.5) is 16.2 Å². The SMILES string of the molecule is Nc1nc2c(ncn2[C@H]2CC(OC[P+](=O)O)[C@@H](COP(=O)(O)OC3C(F)[C@H](n4cnc5c(N)ncnc54)O[C@@H]3CO)O2)c(=O)[nH]1. The molecule has 24 heteroatoms. The number of fused-ring (bicyclic) bond motifs is 2. The number of H-pyrrole nitrogens is 1. The first-order chi connectivity index (χ1) is 21.5. The average Bonchev–Trinajstić information content (AvgIpc) is 3.76. The topological polar surface area (TPSA) is 300 Å². The maximum Gasteiger partial charge on any atom is 0.534 e. The van der Waals surface area contributed by atoms with Crippen molar-refractivity contribution in [2.45, 2.75) is 49.5 Å². The Morgan fingerprint density at radius 3 is 2.64 bits per heavy atom. The number of halogens is 1. The van der Waals surface area contributed by atoms with E-state index in [0.29, 0.717) is 0 Å². The number of anilines is 2. The number of rotatable bonds is 11. The number of hydrogen-bond acceptors (Lipinski definition) is 16. The number of ether oxygens (including phenoxy) is 3. The number of nitrogens with one attached hydrogen (secondary N) is 1. The van der Waals surface area contributed by atoms with E-state index in [1.54, 1.807) is 0 Å². The molecule has 0 aromatic carbocycles. The standard InChI is InChI=1S/C21H25FN10O11P2/c22-12-15(9(2-33)42-20(12)32-6-27-13-16(23)25-4-26-17(13)32)43-45(37,38)40-3-10-8(39-7-44(35)36)1-11(41-10)31-5-28-14-18(31)29-21(24)30-19(14)34/h4-6,8-12,15,20,33H,1-3,7H2,(H6-,23,24,25,26,29,30,34,35,36,37,38)/p+1/t8?,9-,10-,11-,12?,15?,20-/m1/s1. The van der Waals surface area contributed by atoms with E-state index in [2.05, 4.69) is 29.9 Å². The second kappa shape index (κ2) is 12.3. The molecule has 9 atom stereocenters. The summed E-state index contributed by atoms with van der Waals surface area (Å²) in [5.41, 5.74) is 11.2. The second-order valence-corrected chi connectivity index (χ2v) is 12.3. The smallest absolute Gasteiger partial charge is 0.394 e. The van der Waals surface area contributed by atoms with E-state index in [4.69, 9.17) is 34.7 Å². The molecular formula is C21H26FN10O11P2+. The molecule has 45 heavy (non-hydrogen) atoms. The third-order valence-electron chi connectivity index (χ3n) is 7.11. The molecule has 0 aliphatic carbocycles. The first-order valence-electron chi connectivity index (χ1n) is 13.1. The fourth-order valence-corrected chi connectivity index (χ4v) is 6.38. The highest BCUT2D eigenvalue weighted by Crippen LogP contribution is 2.50. The molecule has 4 aromatic heterocycles. The van der Waals surface area contributed by atoms with Crippen molar-refractivity contribution in [1.82, 2.24) is 39.0 Å². The van der Waals surface area contributed by atoms with Crippen LogP contribution in [0.15, 0.2) is 23.8 Å². The van der Waals surface area contributed by atoms with E-state index < -0.39 is 84.0 Å². The maximum absolute atomic E-state index is 15.7. The number of aliphatic hydroxyl groups excluding tert-OH is 1. The minimum atomic E-state index is -5.08. The molecule has 2 aliphatic heterocycles. The molecule has 0 bridgehead atoms. The Labute approximate surface area is 250 Å². The molecule has 2 saturated heterocycles. The van der Waals surface area contributed by atoms with Gasteiger partial charge in [0.05, 0.1) is 32.0 Å². The fraction of sp³-hybridized carbons (Fsp3) is 0.524. The van der Waals surface area contributed by atoms with Gasteiger partial charge in [-0.05, 0) is 4.57 Å². The molecule has 242 valence electrons. The summed E-state index contributed by atoms with van der Waals surface area (Å²) in [6.07, 6.45) is -6.74. The quantitative estimate of drug-likeness (QED) is 0.106. The van der Waals surface area contributed by atoms with Crippen molar-refractivity contribution in [3.05, 3.63) is 29.3 Å². The van der Waals surface area contributed by atoms with E-state index in [0.717, 1.165) is 6.33 Å². The molecule has 6 heterocycles. The Balaban J connectivity index is 1.16. The molecule has 0 saturated carbocycles. The lowest BCUT2D eigenvalue weighted by Crippen LogP contribution is -2.34. The van der Waals surface area contributed by atoms with E-state index in [1.165, 1.54) is 21.8 Å². The van der Waals surface area contributed by atoms with E-state index in [-0.39, 0.29) is 40.5 Å². The highest BCUT2D eigenvalue weighted by atomic mass is 31.2. The van der Waals surface area contributed by atoms with Gasteiger partial charge < -0.3 is 35.7 Å². The van der Waals surface area contributed by atoms with Crippen LogP contribution in [0.25, 0.3) is 22.3 Å². The zero-order valence-corrected chi connectivity index (χ0v) is 24.6. The average molecular weight is 675 g/mol. The Hall–Kier alpha value is -3.56. The largest absolute Gasteiger partial charge is 0.534 e. The van der Waals surface area contributed by atoms with E-state index in [9.17, 15) is 28.8 Å². The lowest BCUT2D eigenvalue weighted by Gasteiger charge is -2.23. The summed E-state index contributed by atoms with van der Waals surface area (Å²) in [6.45, 7) is -1.45. The van der Waals surface area contributed by atoms with Gasteiger partial charge in [0, 0.05) is 6.42 Å². The van der Waals surface area contributed by atoms with Crippen LogP contribution in [-0.2, 0) is 32.4 Å². The zero-order valence-electron chi connectivity index (χ0n) is 22.8. The van der Waals surface area contributed by atoms with Crippen LogP contribution in [0.5, 0.6) is 0 Å². The van der Waals surface area contributed by atoms with Crippen LogP contribution in [0.2, 0.25) is 0 Å². The predicted octanol–water partition coefficient (Wildman–Crippen LogP) is -0.781. The summed E-state index contributed by atoms with van der Waals surface area (Å²) in [5.74, 6) is -0.147. The van der Waals surface area contributed by atoms with Gasteiger partial charge in [-0.1, -0.05) is 0 Å². The number of phosphoric acid groups is 1. The van der Waals surface area contributed by atoms with E-state index >= 15 is 4.39 Å². The minimum Gasteiger partial charge on any atom is -0.394 e. The highest BCUT2D eigenvalue weighted by Gasteiger charge is 2.51. The van der Waals surface area contributed by atoms with Gasteiger partial charge in [0.2, 0.25) is 5.95 Å². The van der Waals surface area contributed by atoms with Crippen LogP contribution in [-0.4, -0.2) is 104 Å². The third kappa shape index (κ3) is 6.17. The van der Waals surface area contributed by atoms with Gasteiger partial charge in [-0.2, -0.15) is 9.88 Å². The van der Waals surface area contributed by atoms with Crippen LogP contribution in [0.3, 0.4) is 0 Å². The molecule has 6 rings (SSSR count). The molecule has 0 amide bonds. The monoisotopic (exact) mass is 675 g/mol. The van der Waals surface area contributed by atoms with Crippen molar-refractivity contribution in [2.24, 2.45) is 0 Å². The minimum absolute atomic E-state index is 0.0118. The Kier molecular flexibility index (Phi) is 8.61. The van der Waals surface area contributed by atoms with Gasteiger partial charge in [-0.15, -0.1) is 0 Å². The first kappa shape index (κ1) is 31.4. The van der Waals surface area contributed by atoms with Gasteiger partial charge in [0.25, 0.3) is 11.9 Å². The number of hydrogen-bond donors (Lipinski definition) is 6. The maximum atomic E-state index is 15.7. The molecule has 0 spiro atoms. The normalized spacial score (nSPS) is 28.6. The summed E-state index contributed by atoms with van der Waals surface area (Å²) in [7, 11) is -7.79. The Morgan fingerprint density at radius 2 is 1.89 bits per heavy atom. The Morgan fingerprint density at radius 1 is 1.13 bits per heavy atom. The van der Waals surface area contributed by atoms with Gasteiger partial charge in [-0.25, -0.2) is 28.9 Å². The number of imidazole rings is 2. The molecule has 0 radical (unpaired) electrons. The number of aromatic amines is 1. The number of nitrogens with two attached hydrogens (primary N) is 2. The Bertz CT molecular complexity index is 1840. The van der Waals surface area contributed by atoms with Crippen molar-refractivity contribution in [3.63, 3.8) is 0 Å². The first-order valence-corrected chi connectivity index (χ1v) is 16.0. The number of nitrogens with zero attached hydrogens (tertiary/aromatic N) is 7. The molecule has 2 aliphatic rings. The second-order valence-electron chi connectivity index (χ2n) is 9.94. The number of aliphatic hydroxyl groups is 1. The number of alkyl halides is 1. The van der Waals surface area contributed by atoms with Gasteiger partial charge in [0.1, 0.15) is 36.4 Å². The molecule has 8 N–H and O–H groups in total. The molecule has 21 nitrogen and oxygen atoms in total. The van der Waals surface area contributed by atoms with Crippen LogP contribution >= 0.6 is 15.9 Å². The highest BCUT2D eigenvalue weighted by molar-refractivity contribution is 7.47. The lowest BCUT2D eigenvalue weighted by molar-refractivity contribution is -0.0617. The summed E-state index contributed by atoms with van der Waals surface area (Å²) in [5, 5.41) is 9.82. The van der Waals surface area contributed by atoms with Crippen molar-refractivity contribution in [2.75, 3.05) is 31.0 Å². The zero-order chi connectivity index (χ0) is 32.0. The lowest BCUT2D eigenvalue weighted by atomic mass is 10.1. The van der Waals surface area contributed by atoms with Crippen LogP contribution in [0, 0.1) is 0 Å². The number of phosphoric ester groups is 1. The van der Waals surface area contributed by atoms with Crippen molar-refractivity contribution < 1.29 is 51.7 Å². The van der Waals surface area contributed by atoms with Crippen molar-refractivity contribution in [1.29, 1.82) is 0 Å². The van der Waals surface area contributed by atoms with Gasteiger partial charge in [0.15, 0.2) is 35.0 Å². The molecule has 4 aromatic rings. The van der Waals surface area contributed by atoms with Gasteiger partial charge in [-0.3, -0.25) is 28.0 Å². The molecule has 5 unspecified atom stereocenters. The van der Waals surface area contributed by atoms with Crippen molar-refractivity contribution in [3.8, 4) is 0 Å².